The zero-order chi connectivity index (χ0) is 20.0. The molecule has 0 radical (unpaired) electrons. The summed E-state index contributed by atoms with van der Waals surface area (Å²) in [4.78, 5) is 21.9. The molecule has 0 aromatic rings. The van der Waals surface area contributed by atoms with Crippen molar-refractivity contribution in [2.75, 3.05) is 14.2 Å². The fourth-order valence-electron chi connectivity index (χ4n) is 3.09. The van der Waals surface area contributed by atoms with E-state index in [4.69, 9.17) is 0 Å². The lowest BCUT2D eigenvalue weighted by molar-refractivity contribution is -0.141. The lowest BCUT2D eigenvalue weighted by Crippen LogP contribution is -1.99. The van der Waals surface area contributed by atoms with Crippen LogP contribution in [-0.2, 0) is 19.1 Å². The van der Waals surface area contributed by atoms with E-state index in [1.54, 1.807) is 0 Å². The summed E-state index contributed by atoms with van der Waals surface area (Å²) in [7, 11) is 2.91. The third-order valence-corrected chi connectivity index (χ3v) is 4.88. The quantitative estimate of drug-likeness (QED) is 0.145. The molecule has 0 rings (SSSR count). The van der Waals surface area contributed by atoms with Crippen LogP contribution in [0.3, 0.4) is 0 Å². The number of carbonyl (C=O) groups excluding carboxylic acids is 2. The second kappa shape index (κ2) is 21.0. The average Bonchev–Trinajstić information content (AvgIpc) is 2.69. The van der Waals surface area contributed by atoms with Gasteiger partial charge in [0, 0.05) is 12.8 Å². The second-order valence-electron chi connectivity index (χ2n) is 7.30. The summed E-state index contributed by atoms with van der Waals surface area (Å²) in [5, 5.41) is 0. The average molecular weight is 383 g/mol. The largest absolute Gasteiger partial charge is 0.469 e. The maximum atomic E-state index is 11.0. The Bertz CT molecular complexity index is 377. The molecule has 0 heterocycles. The molecular formula is C23H42O4. The van der Waals surface area contributed by atoms with E-state index in [1.165, 1.54) is 84.8 Å². The Balaban J connectivity index is 3.15. The van der Waals surface area contributed by atoms with Gasteiger partial charge in [-0.3, -0.25) is 9.59 Å². The van der Waals surface area contributed by atoms with Crippen LogP contribution >= 0.6 is 0 Å². The summed E-state index contributed by atoms with van der Waals surface area (Å²) in [6.07, 6.45) is 23.9. The van der Waals surface area contributed by atoms with Crippen LogP contribution in [0.15, 0.2) is 12.2 Å². The van der Waals surface area contributed by atoms with Crippen molar-refractivity contribution >= 4 is 11.9 Å². The van der Waals surface area contributed by atoms with Crippen molar-refractivity contribution in [2.24, 2.45) is 0 Å². The molecule has 0 spiro atoms. The fraction of sp³-hybridized carbons (Fsp3) is 0.826. The first kappa shape index (κ1) is 25.7. The van der Waals surface area contributed by atoms with Gasteiger partial charge in [0.15, 0.2) is 0 Å². The van der Waals surface area contributed by atoms with Crippen molar-refractivity contribution in [2.45, 2.75) is 109 Å². The van der Waals surface area contributed by atoms with Crippen LogP contribution < -0.4 is 0 Å². The van der Waals surface area contributed by atoms with Crippen LogP contribution in [0.25, 0.3) is 0 Å². The Morgan fingerprint density at radius 1 is 0.519 bits per heavy atom. The molecular weight excluding hydrogens is 340 g/mol. The highest BCUT2D eigenvalue weighted by atomic mass is 16.5. The Kier molecular flexibility index (Phi) is 20.0. The molecule has 158 valence electrons. The smallest absolute Gasteiger partial charge is 0.305 e. The lowest BCUT2D eigenvalue weighted by atomic mass is 10.1. The summed E-state index contributed by atoms with van der Waals surface area (Å²) in [6, 6.07) is 0. The molecule has 0 saturated carbocycles. The van der Waals surface area contributed by atoms with E-state index >= 15 is 0 Å². The van der Waals surface area contributed by atoms with Crippen molar-refractivity contribution in [3.63, 3.8) is 0 Å². The molecule has 0 bridgehead atoms. The number of carbonyl (C=O) groups is 2. The van der Waals surface area contributed by atoms with E-state index in [2.05, 4.69) is 21.6 Å². The van der Waals surface area contributed by atoms with E-state index in [0.717, 1.165) is 25.7 Å². The summed E-state index contributed by atoms with van der Waals surface area (Å²) in [5.41, 5.74) is 0. The third-order valence-electron chi connectivity index (χ3n) is 4.88. The van der Waals surface area contributed by atoms with Gasteiger partial charge in [0.1, 0.15) is 0 Å². The molecule has 0 saturated heterocycles. The van der Waals surface area contributed by atoms with Crippen LogP contribution in [0, 0.1) is 0 Å². The molecule has 4 nitrogen and oxygen atoms in total. The van der Waals surface area contributed by atoms with E-state index in [-0.39, 0.29) is 11.9 Å². The van der Waals surface area contributed by atoms with Crippen molar-refractivity contribution in [3.05, 3.63) is 12.2 Å². The highest BCUT2D eigenvalue weighted by Gasteiger charge is 1.99. The summed E-state index contributed by atoms with van der Waals surface area (Å²) in [5.74, 6) is -0.173. The number of esters is 2. The minimum atomic E-state index is -0.0872. The highest BCUT2D eigenvalue weighted by molar-refractivity contribution is 5.69. The zero-order valence-corrected chi connectivity index (χ0v) is 17.8. The minimum Gasteiger partial charge on any atom is -0.469 e. The van der Waals surface area contributed by atoms with Gasteiger partial charge in [0.25, 0.3) is 0 Å². The van der Waals surface area contributed by atoms with E-state index in [1.807, 2.05) is 0 Å². The molecule has 0 aliphatic rings. The number of methoxy groups -OCH3 is 2. The fourth-order valence-corrected chi connectivity index (χ4v) is 3.09. The Hall–Kier alpha value is -1.32. The van der Waals surface area contributed by atoms with Crippen LogP contribution in [0.2, 0.25) is 0 Å². The molecule has 0 fully saturated rings. The molecule has 0 amide bonds. The van der Waals surface area contributed by atoms with Gasteiger partial charge >= 0.3 is 11.9 Å². The minimum absolute atomic E-state index is 0.0857. The zero-order valence-electron chi connectivity index (χ0n) is 17.8. The van der Waals surface area contributed by atoms with Gasteiger partial charge < -0.3 is 9.47 Å². The molecule has 0 atom stereocenters. The van der Waals surface area contributed by atoms with Crippen molar-refractivity contribution in [1.29, 1.82) is 0 Å². The number of rotatable bonds is 19. The Morgan fingerprint density at radius 3 is 1.15 bits per heavy atom. The van der Waals surface area contributed by atoms with Crippen molar-refractivity contribution in [1.82, 2.24) is 0 Å². The van der Waals surface area contributed by atoms with Crippen molar-refractivity contribution in [3.8, 4) is 0 Å². The van der Waals surface area contributed by atoms with Crippen LogP contribution in [-0.4, -0.2) is 26.2 Å². The predicted molar refractivity (Wildman–Crippen MR) is 112 cm³/mol. The summed E-state index contributed by atoms with van der Waals surface area (Å²) >= 11 is 0. The van der Waals surface area contributed by atoms with Gasteiger partial charge in [-0.25, -0.2) is 0 Å². The highest BCUT2D eigenvalue weighted by Crippen LogP contribution is 2.11. The topological polar surface area (TPSA) is 52.6 Å². The third kappa shape index (κ3) is 20.8. The van der Waals surface area contributed by atoms with E-state index < -0.39 is 0 Å². The molecule has 27 heavy (non-hydrogen) atoms. The molecule has 0 aliphatic heterocycles. The van der Waals surface area contributed by atoms with Gasteiger partial charge in [-0.15, -0.1) is 0 Å². The number of ether oxygens (including phenoxy) is 2. The first-order chi connectivity index (χ1) is 13.2. The van der Waals surface area contributed by atoms with E-state index in [9.17, 15) is 9.59 Å². The molecule has 0 aromatic heterocycles. The van der Waals surface area contributed by atoms with Gasteiger partial charge in [0.05, 0.1) is 14.2 Å². The number of unbranched alkanes of at least 4 members (excludes halogenated alkanes) is 13. The maximum absolute atomic E-state index is 11.0. The van der Waals surface area contributed by atoms with Gasteiger partial charge in [-0.05, 0) is 38.5 Å². The maximum Gasteiger partial charge on any atom is 0.305 e. The number of hydrogen-bond donors (Lipinski definition) is 0. The van der Waals surface area contributed by atoms with Crippen LogP contribution in [0.4, 0.5) is 0 Å². The standard InChI is InChI=1S/C23H42O4/c1-26-22(24)20-18-16-14-12-10-8-6-4-3-5-7-9-11-13-15-17-19-21-23(25)27-2/h3-4H,5-21H2,1-2H3. The Labute approximate surface area is 167 Å². The summed E-state index contributed by atoms with van der Waals surface area (Å²) < 4.78 is 9.27. The molecule has 0 N–H and O–H groups in total. The second-order valence-corrected chi connectivity index (χ2v) is 7.30. The Morgan fingerprint density at radius 2 is 0.815 bits per heavy atom. The van der Waals surface area contributed by atoms with Crippen LogP contribution in [0.5, 0.6) is 0 Å². The van der Waals surface area contributed by atoms with Crippen molar-refractivity contribution < 1.29 is 19.1 Å². The normalized spacial score (nSPS) is 11.0. The monoisotopic (exact) mass is 382 g/mol. The molecule has 0 aliphatic carbocycles. The number of hydrogen-bond acceptors (Lipinski definition) is 4. The van der Waals surface area contributed by atoms with Gasteiger partial charge in [-0.2, -0.15) is 0 Å². The molecule has 0 unspecified atom stereocenters. The molecule has 4 heteroatoms. The first-order valence-electron chi connectivity index (χ1n) is 11.0. The summed E-state index contributed by atoms with van der Waals surface area (Å²) in [6.45, 7) is 0. The molecule has 0 aromatic carbocycles. The SMILES string of the molecule is COC(=O)CCCCCCCCC=CCCCCCCCCCC(=O)OC. The predicted octanol–water partition coefficient (Wildman–Crippen LogP) is 6.52. The first-order valence-corrected chi connectivity index (χ1v) is 11.0. The van der Waals surface area contributed by atoms with Gasteiger partial charge in [0.2, 0.25) is 0 Å². The lowest BCUT2D eigenvalue weighted by Gasteiger charge is -2.01. The van der Waals surface area contributed by atoms with Crippen LogP contribution in [0.1, 0.15) is 109 Å². The van der Waals surface area contributed by atoms with E-state index in [0.29, 0.717) is 12.8 Å². The number of allylic oxidation sites excluding steroid dienone is 2. The van der Waals surface area contributed by atoms with Gasteiger partial charge in [-0.1, -0.05) is 69.9 Å².